The largest absolute Gasteiger partial charge is 0.475 e. The van der Waals surface area contributed by atoms with Crippen LogP contribution in [0.1, 0.15) is 44.3 Å². The molecule has 130 valence electrons. The fourth-order valence-corrected chi connectivity index (χ4v) is 2.81. The third-order valence-electron chi connectivity index (χ3n) is 4.18. The van der Waals surface area contributed by atoms with Crippen molar-refractivity contribution in [3.05, 3.63) is 59.5 Å². The van der Waals surface area contributed by atoms with Gasteiger partial charge in [0.15, 0.2) is 5.76 Å². The topological polar surface area (TPSA) is 99.9 Å². The second-order valence-corrected chi connectivity index (χ2v) is 5.88. The van der Waals surface area contributed by atoms with Crippen molar-refractivity contribution in [2.75, 3.05) is 13.1 Å². The van der Waals surface area contributed by atoms with Crippen molar-refractivity contribution in [1.82, 2.24) is 10.2 Å². The Balaban J connectivity index is 1.53. The monoisotopic (exact) mass is 342 g/mol. The lowest BCUT2D eigenvalue weighted by Crippen LogP contribution is -2.46. The van der Waals surface area contributed by atoms with Gasteiger partial charge in [0.1, 0.15) is 0 Å². The van der Waals surface area contributed by atoms with Crippen molar-refractivity contribution in [2.24, 2.45) is 0 Å². The number of benzene rings is 1. The van der Waals surface area contributed by atoms with Crippen LogP contribution in [0.2, 0.25) is 0 Å². The smallest absolute Gasteiger partial charge is 0.371 e. The van der Waals surface area contributed by atoms with Crippen LogP contribution in [0.3, 0.4) is 0 Å². The third kappa shape index (κ3) is 3.88. The van der Waals surface area contributed by atoms with Gasteiger partial charge in [-0.05, 0) is 37.1 Å². The Morgan fingerprint density at radius 1 is 1.00 bits per heavy atom. The summed E-state index contributed by atoms with van der Waals surface area (Å²) in [5.41, 5.74) is 0.609. The molecule has 0 aliphatic carbocycles. The van der Waals surface area contributed by atoms with E-state index < -0.39 is 5.97 Å². The van der Waals surface area contributed by atoms with Gasteiger partial charge in [-0.25, -0.2) is 4.79 Å². The van der Waals surface area contributed by atoms with Crippen LogP contribution in [0.15, 0.2) is 46.9 Å². The molecule has 0 saturated carbocycles. The van der Waals surface area contributed by atoms with Gasteiger partial charge in [-0.3, -0.25) is 9.59 Å². The molecular weight excluding hydrogens is 324 g/mol. The molecule has 7 heteroatoms. The van der Waals surface area contributed by atoms with Gasteiger partial charge >= 0.3 is 5.97 Å². The molecule has 7 nitrogen and oxygen atoms in total. The van der Waals surface area contributed by atoms with E-state index in [0.29, 0.717) is 31.5 Å². The summed E-state index contributed by atoms with van der Waals surface area (Å²) in [7, 11) is 0. The number of nitrogens with zero attached hydrogens (tertiary/aromatic N) is 1. The normalized spacial score (nSPS) is 15.0. The number of hydrogen-bond donors (Lipinski definition) is 2. The molecule has 0 spiro atoms. The number of furan rings is 1. The molecule has 2 N–H and O–H groups in total. The van der Waals surface area contributed by atoms with Gasteiger partial charge < -0.3 is 19.7 Å². The number of carboxylic acid groups (broad SMARTS) is 1. The highest BCUT2D eigenvalue weighted by Gasteiger charge is 2.27. The highest BCUT2D eigenvalue weighted by atomic mass is 16.4. The maximum atomic E-state index is 12.3. The maximum Gasteiger partial charge on any atom is 0.371 e. The molecule has 1 fully saturated rings. The van der Waals surface area contributed by atoms with Crippen molar-refractivity contribution in [2.45, 2.75) is 18.9 Å². The number of hydrogen-bond acceptors (Lipinski definition) is 4. The molecule has 0 bridgehead atoms. The highest BCUT2D eigenvalue weighted by Crippen LogP contribution is 2.16. The molecule has 1 aliphatic heterocycles. The maximum absolute atomic E-state index is 12.3. The molecule has 2 heterocycles. The van der Waals surface area contributed by atoms with Crippen LogP contribution in [0.4, 0.5) is 0 Å². The van der Waals surface area contributed by atoms with E-state index in [9.17, 15) is 14.4 Å². The zero-order chi connectivity index (χ0) is 17.8. The average molecular weight is 342 g/mol. The zero-order valence-electron chi connectivity index (χ0n) is 13.5. The highest BCUT2D eigenvalue weighted by molar-refractivity contribution is 5.95. The first-order chi connectivity index (χ1) is 12.0. The minimum Gasteiger partial charge on any atom is -0.475 e. The Labute approximate surface area is 144 Å². The van der Waals surface area contributed by atoms with E-state index in [2.05, 4.69) is 5.32 Å². The molecule has 0 radical (unpaired) electrons. The van der Waals surface area contributed by atoms with Crippen molar-refractivity contribution >= 4 is 17.8 Å². The van der Waals surface area contributed by atoms with Crippen LogP contribution in [0.5, 0.6) is 0 Å². The number of aromatic carboxylic acids is 1. The summed E-state index contributed by atoms with van der Waals surface area (Å²) in [4.78, 5) is 36.9. The van der Waals surface area contributed by atoms with E-state index >= 15 is 0 Å². The molecule has 0 unspecified atom stereocenters. The summed E-state index contributed by atoms with van der Waals surface area (Å²) in [6.45, 7) is 0.948. The second kappa shape index (κ2) is 7.21. The number of amides is 2. The Kier molecular flexibility index (Phi) is 4.83. The molecule has 1 aromatic heterocycles. The van der Waals surface area contributed by atoms with E-state index in [1.54, 1.807) is 17.0 Å². The van der Waals surface area contributed by atoms with Gasteiger partial charge in [-0.15, -0.1) is 0 Å². The van der Waals surface area contributed by atoms with Gasteiger partial charge in [0, 0.05) is 24.7 Å². The minimum absolute atomic E-state index is 0.00272. The van der Waals surface area contributed by atoms with Crippen LogP contribution < -0.4 is 5.32 Å². The Morgan fingerprint density at radius 3 is 2.24 bits per heavy atom. The first kappa shape index (κ1) is 16.8. The summed E-state index contributed by atoms with van der Waals surface area (Å²) in [6.07, 6.45) is 1.27. The molecule has 3 rings (SSSR count). The molecule has 0 atom stereocenters. The standard InChI is InChI=1S/C18H18N2O5/c21-16(12-4-2-1-3-5-12)19-13-8-10-20(11-9-13)17(22)14-6-7-15(25-14)18(23)24/h1-7,13H,8-11H2,(H,19,21)(H,23,24). The molecule has 1 aromatic carbocycles. The summed E-state index contributed by atoms with van der Waals surface area (Å²) >= 11 is 0. The van der Waals surface area contributed by atoms with E-state index in [4.69, 9.17) is 9.52 Å². The first-order valence-corrected chi connectivity index (χ1v) is 8.03. The fraction of sp³-hybridized carbons (Fsp3) is 0.278. The summed E-state index contributed by atoms with van der Waals surface area (Å²) in [5.74, 6) is -1.90. The van der Waals surface area contributed by atoms with Crippen LogP contribution in [0, 0.1) is 0 Å². The molecule has 2 aromatic rings. The van der Waals surface area contributed by atoms with E-state index in [-0.39, 0.29) is 29.4 Å². The zero-order valence-corrected chi connectivity index (χ0v) is 13.5. The van der Waals surface area contributed by atoms with Crippen molar-refractivity contribution in [3.63, 3.8) is 0 Å². The van der Waals surface area contributed by atoms with Gasteiger partial charge in [0.25, 0.3) is 11.8 Å². The number of rotatable bonds is 4. The van der Waals surface area contributed by atoms with Crippen molar-refractivity contribution < 1.29 is 23.9 Å². The Bertz CT molecular complexity index is 776. The third-order valence-corrected chi connectivity index (χ3v) is 4.18. The summed E-state index contributed by atoms with van der Waals surface area (Å²) < 4.78 is 5.05. The van der Waals surface area contributed by atoms with E-state index in [1.807, 2.05) is 18.2 Å². The van der Waals surface area contributed by atoms with E-state index in [1.165, 1.54) is 12.1 Å². The lowest BCUT2D eigenvalue weighted by Gasteiger charge is -2.31. The number of carbonyl (C=O) groups is 3. The van der Waals surface area contributed by atoms with Gasteiger partial charge in [0.2, 0.25) is 5.76 Å². The number of carbonyl (C=O) groups excluding carboxylic acids is 2. The van der Waals surface area contributed by atoms with E-state index in [0.717, 1.165) is 0 Å². The molecule has 1 aliphatic rings. The van der Waals surface area contributed by atoms with Gasteiger partial charge in [0.05, 0.1) is 0 Å². The molecule has 1 saturated heterocycles. The summed E-state index contributed by atoms with van der Waals surface area (Å²) in [5, 5.41) is 11.8. The van der Waals surface area contributed by atoms with Gasteiger partial charge in [-0.2, -0.15) is 0 Å². The molecule has 25 heavy (non-hydrogen) atoms. The first-order valence-electron chi connectivity index (χ1n) is 8.03. The van der Waals surface area contributed by atoms with Crippen LogP contribution in [-0.2, 0) is 0 Å². The lowest BCUT2D eigenvalue weighted by atomic mass is 10.0. The number of nitrogens with one attached hydrogen (secondary N) is 1. The van der Waals surface area contributed by atoms with Crippen molar-refractivity contribution in [3.8, 4) is 0 Å². The molecular formula is C18H18N2O5. The predicted molar refractivity (Wildman–Crippen MR) is 88.5 cm³/mol. The quantitative estimate of drug-likeness (QED) is 0.885. The fourth-order valence-electron chi connectivity index (χ4n) is 2.81. The van der Waals surface area contributed by atoms with Crippen molar-refractivity contribution in [1.29, 1.82) is 0 Å². The van der Waals surface area contributed by atoms with Crippen LogP contribution in [-0.4, -0.2) is 46.9 Å². The van der Waals surface area contributed by atoms with Crippen LogP contribution in [0.25, 0.3) is 0 Å². The average Bonchev–Trinajstić information content (AvgIpc) is 3.13. The summed E-state index contributed by atoms with van der Waals surface area (Å²) in [6, 6.07) is 11.6. The predicted octanol–water partition coefficient (Wildman–Crippen LogP) is 2.01. The molecule has 2 amide bonds. The SMILES string of the molecule is O=C(NC1CCN(C(=O)c2ccc(C(=O)O)o2)CC1)c1ccccc1. The second-order valence-electron chi connectivity index (χ2n) is 5.88. The Morgan fingerprint density at radius 2 is 1.64 bits per heavy atom. The minimum atomic E-state index is -1.21. The Hall–Kier alpha value is -3.09. The van der Waals surface area contributed by atoms with Gasteiger partial charge in [-0.1, -0.05) is 18.2 Å². The number of piperidine rings is 1. The number of carboxylic acids is 1. The lowest BCUT2D eigenvalue weighted by molar-refractivity contribution is 0.0636. The number of likely N-dealkylation sites (tertiary alicyclic amines) is 1. The van der Waals surface area contributed by atoms with Crippen LogP contribution >= 0.6 is 0 Å².